The van der Waals surface area contributed by atoms with Crippen molar-refractivity contribution in [2.24, 2.45) is 5.92 Å². The van der Waals surface area contributed by atoms with Crippen LogP contribution < -0.4 is 0 Å². The number of aliphatic hydroxyl groups is 2. The lowest BCUT2D eigenvalue weighted by Crippen LogP contribution is -2.38. The predicted octanol–water partition coefficient (Wildman–Crippen LogP) is 1.65. The second kappa shape index (κ2) is 6.82. The fraction of sp³-hybridized carbons (Fsp3) is 0.467. The van der Waals surface area contributed by atoms with E-state index in [1.807, 2.05) is 43.3 Å². The second-order valence-corrected chi connectivity index (χ2v) is 4.50. The van der Waals surface area contributed by atoms with Gasteiger partial charge in [0.1, 0.15) is 6.10 Å². The van der Waals surface area contributed by atoms with Crippen LogP contribution in [0.3, 0.4) is 0 Å². The molecule has 1 aliphatic rings. The van der Waals surface area contributed by atoms with Crippen molar-refractivity contribution in [3.8, 4) is 0 Å². The molecule has 0 fully saturated rings. The number of benzene rings is 1. The standard InChI is InChI=1S/C15H20O4/c1-2-18-15-13(9-8-12(10-16)19-15)14(17)11-6-4-3-5-7-11/h3-9,12-17H,2,10H2,1H3/t12-,13+,14-,15+/m0/s1. The highest BCUT2D eigenvalue weighted by molar-refractivity contribution is 5.20. The molecule has 0 saturated carbocycles. The SMILES string of the molecule is CCO[C@@H]1O[C@H](CO)C=C[C@@H]1[C@@H](O)c1ccccc1. The van der Waals surface area contributed by atoms with Crippen molar-refractivity contribution in [3.63, 3.8) is 0 Å². The van der Waals surface area contributed by atoms with Gasteiger partial charge in [0.05, 0.1) is 18.6 Å². The molecule has 1 heterocycles. The van der Waals surface area contributed by atoms with Crippen LogP contribution in [0.4, 0.5) is 0 Å². The molecule has 0 unspecified atom stereocenters. The van der Waals surface area contributed by atoms with Crippen molar-refractivity contribution >= 4 is 0 Å². The maximum Gasteiger partial charge on any atom is 0.167 e. The third kappa shape index (κ3) is 3.42. The Morgan fingerprint density at radius 3 is 2.63 bits per heavy atom. The van der Waals surface area contributed by atoms with Crippen molar-refractivity contribution in [3.05, 3.63) is 48.0 Å². The van der Waals surface area contributed by atoms with E-state index in [0.29, 0.717) is 6.61 Å². The van der Waals surface area contributed by atoms with Crippen molar-refractivity contribution < 1.29 is 19.7 Å². The quantitative estimate of drug-likeness (QED) is 0.794. The number of hydrogen-bond donors (Lipinski definition) is 2. The summed E-state index contributed by atoms with van der Waals surface area (Å²) in [5.74, 6) is -0.273. The molecule has 0 aliphatic carbocycles. The van der Waals surface area contributed by atoms with Crippen LogP contribution in [0.15, 0.2) is 42.5 Å². The van der Waals surface area contributed by atoms with Crippen molar-refractivity contribution in [1.29, 1.82) is 0 Å². The summed E-state index contributed by atoms with van der Waals surface area (Å²) < 4.78 is 11.1. The minimum absolute atomic E-state index is 0.0891. The van der Waals surface area contributed by atoms with Gasteiger partial charge in [-0.05, 0) is 12.5 Å². The summed E-state index contributed by atoms with van der Waals surface area (Å²) in [6.45, 7) is 2.28. The van der Waals surface area contributed by atoms with E-state index in [4.69, 9.17) is 14.6 Å². The molecule has 0 bridgehead atoms. The van der Waals surface area contributed by atoms with Crippen LogP contribution in [0.5, 0.6) is 0 Å². The smallest absolute Gasteiger partial charge is 0.167 e. The Labute approximate surface area is 113 Å². The summed E-state index contributed by atoms with van der Waals surface area (Å²) in [7, 11) is 0. The third-order valence-electron chi connectivity index (χ3n) is 3.19. The minimum Gasteiger partial charge on any atom is -0.393 e. The van der Waals surface area contributed by atoms with E-state index in [1.54, 1.807) is 6.08 Å². The average Bonchev–Trinajstić information content (AvgIpc) is 2.47. The van der Waals surface area contributed by atoms with Crippen LogP contribution in [0.25, 0.3) is 0 Å². The first kappa shape index (κ1) is 14.2. The fourth-order valence-corrected chi connectivity index (χ4v) is 2.20. The number of hydrogen-bond acceptors (Lipinski definition) is 4. The summed E-state index contributed by atoms with van der Waals surface area (Å²) in [4.78, 5) is 0. The molecule has 4 nitrogen and oxygen atoms in total. The lowest BCUT2D eigenvalue weighted by molar-refractivity contribution is -0.205. The highest BCUT2D eigenvalue weighted by Crippen LogP contribution is 2.31. The molecule has 104 valence electrons. The molecule has 4 heteroatoms. The predicted molar refractivity (Wildman–Crippen MR) is 71.4 cm³/mol. The zero-order chi connectivity index (χ0) is 13.7. The van der Waals surface area contributed by atoms with Gasteiger partial charge < -0.3 is 19.7 Å². The Balaban J connectivity index is 2.16. The van der Waals surface area contributed by atoms with Crippen LogP contribution in [0, 0.1) is 5.92 Å². The summed E-state index contributed by atoms with van der Waals surface area (Å²) in [5.41, 5.74) is 0.827. The highest BCUT2D eigenvalue weighted by Gasteiger charge is 2.33. The van der Waals surface area contributed by atoms with Gasteiger partial charge in [-0.25, -0.2) is 0 Å². The van der Waals surface area contributed by atoms with Gasteiger partial charge in [-0.2, -0.15) is 0 Å². The van der Waals surface area contributed by atoms with Gasteiger partial charge in [0.15, 0.2) is 6.29 Å². The first-order valence-corrected chi connectivity index (χ1v) is 6.55. The van der Waals surface area contributed by atoms with E-state index in [9.17, 15) is 5.11 Å². The van der Waals surface area contributed by atoms with Gasteiger partial charge >= 0.3 is 0 Å². The molecule has 0 amide bonds. The van der Waals surface area contributed by atoms with Crippen LogP contribution in [0.2, 0.25) is 0 Å². The molecule has 19 heavy (non-hydrogen) atoms. The Hall–Kier alpha value is -1.20. The summed E-state index contributed by atoms with van der Waals surface area (Å²) in [6, 6.07) is 9.43. The van der Waals surface area contributed by atoms with Gasteiger partial charge in [0.25, 0.3) is 0 Å². The molecule has 1 aliphatic heterocycles. The lowest BCUT2D eigenvalue weighted by atomic mass is 9.92. The average molecular weight is 264 g/mol. The van der Waals surface area contributed by atoms with Crippen molar-refractivity contribution in [1.82, 2.24) is 0 Å². The van der Waals surface area contributed by atoms with Crippen molar-refractivity contribution in [2.45, 2.75) is 25.4 Å². The topological polar surface area (TPSA) is 58.9 Å². The first-order chi connectivity index (χ1) is 9.26. The van der Waals surface area contributed by atoms with E-state index in [2.05, 4.69) is 0 Å². The summed E-state index contributed by atoms with van der Waals surface area (Å²) in [6.07, 6.45) is 2.04. The van der Waals surface area contributed by atoms with Crippen LogP contribution in [0.1, 0.15) is 18.6 Å². The molecule has 2 rings (SSSR count). The van der Waals surface area contributed by atoms with Gasteiger partial charge in [-0.3, -0.25) is 0 Å². The van der Waals surface area contributed by atoms with Gasteiger partial charge in [0, 0.05) is 6.61 Å². The fourth-order valence-electron chi connectivity index (χ4n) is 2.20. The number of ether oxygens (including phenoxy) is 2. The zero-order valence-electron chi connectivity index (χ0n) is 11.0. The van der Waals surface area contributed by atoms with E-state index >= 15 is 0 Å². The Morgan fingerprint density at radius 1 is 1.26 bits per heavy atom. The van der Waals surface area contributed by atoms with Crippen LogP contribution >= 0.6 is 0 Å². The van der Waals surface area contributed by atoms with Crippen LogP contribution in [-0.2, 0) is 9.47 Å². The van der Waals surface area contributed by atoms with Crippen molar-refractivity contribution in [2.75, 3.05) is 13.2 Å². The molecule has 0 aromatic heterocycles. The molecule has 4 atom stereocenters. The Kier molecular flexibility index (Phi) is 5.10. The number of aliphatic hydroxyl groups excluding tert-OH is 2. The molecular weight excluding hydrogens is 244 g/mol. The molecule has 2 N–H and O–H groups in total. The number of rotatable bonds is 5. The Morgan fingerprint density at radius 2 is 2.00 bits per heavy atom. The maximum atomic E-state index is 10.4. The zero-order valence-corrected chi connectivity index (χ0v) is 11.0. The molecular formula is C15H20O4. The van der Waals surface area contributed by atoms with Gasteiger partial charge in [0.2, 0.25) is 0 Å². The van der Waals surface area contributed by atoms with E-state index in [1.165, 1.54) is 0 Å². The third-order valence-corrected chi connectivity index (χ3v) is 3.19. The van der Waals surface area contributed by atoms with Gasteiger partial charge in [-0.15, -0.1) is 0 Å². The van der Waals surface area contributed by atoms with E-state index in [-0.39, 0.29) is 18.6 Å². The molecule has 1 aromatic rings. The monoisotopic (exact) mass is 264 g/mol. The first-order valence-electron chi connectivity index (χ1n) is 6.55. The van der Waals surface area contributed by atoms with E-state index < -0.39 is 12.4 Å². The highest BCUT2D eigenvalue weighted by atomic mass is 16.7. The maximum absolute atomic E-state index is 10.4. The molecule has 0 radical (unpaired) electrons. The molecule has 0 saturated heterocycles. The normalized spacial score (nSPS) is 28.3. The lowest BCUT2D eigenvalue weighted by Gasteiger charge is -2.34. The van der Waals surface area contributed by atoms with Crippen LogP contribution in [-0.4, -0.2) is 35.8 Å². The Bertz CT molecular complexity index is 404. The largest absolute Gasteiger partial charge is 0.393 e. The molecule has 1 aromatic carbocycles. The second-order valence-electron chi connectivity index (χ2n) is 4.50. The summed E-state index contributed by atoms with van der Waals surface area (Å²) in [5, 5.41) is 19.6. The van der Waals surface area contributed by atoms with Gasteiger partial charge in [-0.1, -0.05) is 42.5 Å². The van der Waals surface area contributed by atoms with E-state index in [0.717, 1.165) is 5.56 Å². The minimum atomic E-state index is -0.686. The molecule has 0 spiro atoms. The summed E-state index contributed by atoms with van der Waals surface area (Å²) >= 11 is 0.